The van der Waals surface area contributed by atoms with Gasteiger partial charge in [0.1, 0.15) is 0 Å². The number of pyridine rings is 1. The zero-order valence-corrected chi connectivity index (χ0v) is 13.6. The summed E-state index contributed by atoms with van der Waals surface area (Å²) in [5.41, 5.74) is 1.32. The Hall–Kier alpha value is -1.75. The Balaban J connectivity index is 1.69. The highest BCUT2D eigenvalue weighted by Gasteiger charge is 2.40. The summed E-state index contributed by atoms with van der Waals surface area (Å²) in [6.45, 7) is 3.10. The third-order valence-corrected chi connectivity index (χ3v) is 5.61. The summed E-state index contributed by atoms with van der Waals surface area (Å²) >= 11 is 0. The first kappa shape index (κ1) is 14.8. The fourth-order valence-corrected chi connectivity index (χ4v) is 4.39. The molecule has 1 aliphatic carbocycles. The van der Waals surface area contributed by atoms with Crippen molar-refractivity contribution in [1.82, 2.24) is 19.4 Å². The van der Waals surface area contributed by atoms with Gasteiger partial charge in [-0.3, -0.25) is 14.3 Å². The summed E-state index contributed by atoms with van der Waals surface area (Å²) in [6.07, 6.45) is 12.2. The molecule has 4 rings (SSSR count). The molecule has 0 unspecified atom stereocenters. The number of rotatable bonds is 3. The summed E-state index contributed by atoms with van der Waals surface area (Å²) < 4.78 is 1.80. The maximum absolute atomic E-state index is 12.8. The Morgan fingerprint density at radius 3 is 2.61 bits per heavy atom. The number of piperidine rings is 1. The van der Waals surface area contributed by atoms with Crippen LogP contribution in [0.1, 0.15) is 44.9 Å². The molecule has 1 saturated heterocycles. The van der Waals surface area contributed by atoms with E-state index in [0.717, 1.165) is 6.54 Å². The van der Waals surface area contributed by atoms with Crippen LogP contribution in [0.5, 0.6) is 0 Å². The van der Waals surface area contributed by atoms with Crippen molar-refractivity contribution in [3.05, 3.63) is 35.0 Å². The molecule has 0 aromatic carbocycles. The molecular formula is C18H24N4O. The van der Waals surface area contributed by atoms with Gasteiger partial charge in [-0.2, -0.15) is 0 Å². The van der Waals surface area contributed by atoms with Gasteiger partial charge in [-0.1, -0.05) is 19.3 Å². The minimum Gasteiger partial charge on any atom is -0.296 e. The largest absolute Gasteiger partial charge is 0.296 e. The number of aromatic nitrogens is 3. The molecule has 0 bridgehead atoms. The third kappa shape index (κ3) is 2.67. The van der Waals surface area contributed by atoms with Crippen molar-refractivity contribution in [2.45, 2.75) is 57.0 Å². The van der Waals surface area contributed by atoms with E-state index in [9.17, 15) is 4.79 Å². The first-order valence-electron chi connectivity index (χ1n) is 8.84. The number of likely N-dealkylation sites (tertiary alicyclic amines) is 1. The van der Waals surface area contributed by atoms with Crippen LogP contribution in [-0.2, 0) is 6.54 Å². The van der Waals surface area contributed by atoms with E-state index >= 15 is 0 Å². The second-order valence-electron chi connectivity index (χ2n) is 7.03. The van der Waals surface area contributed by atoms with E-state index in [1.165, 1.54) is 58.0 Å². The normalized spacial score (nSPS) is 21.7. The van der Waals surface area contributed by atoms with Crippen molar-refractivity contribution in [2.24, 2.45) is 0 Å². The van der Waals surface area contributed by atoms with Gasteiger partial charge < -0.3 is 0 Å². The second kappa shape index (κ2) is 6.04. The van der Waals surface area contributed by atoms with Crippen molar-refractivity contribution in [3.63, 3.8) is 0 Å². The molecule has 0 radical (unpaired) electrons. The predicted octanol–water partition coefficient (Wildman–Crippen LogP) is 2.59. The summed E-state index contributed by atoms with van der Waals surface area (Å²) in [5, 5.41) is 0. The van der Waals surface area contributed by atoms with Gasteiger partial charge in [-0.15, -0.1) is 0 Å². The van der Waals surface area contributed by atoms with E-state index in [0.29, 0.717) is 11.0 Å². The van der Waals surface area contributed by atoms with Crippen LogP contribution in [0, 0.1) is 0 Å². The Labute approximate surface area is 136 Å². The number of hydrogen-bond acceptors (Lipinski definition) is 4. The molecule has 2 fully saturated rings. The van der Waals surface area contributed by atoms with Gasteiger partial charge in [0.2, 0.25) is 0 Å². The van der Waals surface area contributed by atoms with Crippen LogP contribution in [0.15, 0.2) is 29.5 Å². The van der Waals surface area contributed by atoms with Gasteiger partial charge >= 0.3 is 0 Å². The molecule has 122 valence electrons. The molecule has 0 amide bonds. The van der Waals surface area contributed by atoms with Gasteiger partial charge in [0.15, 0.2) is 5.52 Å². The molecule has 1 aliphatic heterocycles. The Bertz CT molecular complexity index is 742. The Morgan fingerprint density at radius 1 is 1.04 bits per heavy atom. The van der Waals surface area contributed by atoms with E-state index in [1.807, 2.05) is 12.1 Å². The zero-order valence-electron chi connectivity index (χ0n) is 13.6. The van der Waals surface area contributed by atoms with Crippen molar-refractivity contribution < 1.29 is 0 Å². The lowest BCUT2D eigenvalue weighted by Crippen LogP contribution is -2.53. The molecule has 3 heterocycles. The second-order valence-corrected chi connectivity index (χ2v) is 7.03. The van der Waals surface area contributed by atoms with Crippen molar-refractivity contribution in [2.75, 3.05) is 13.1 Å². The minimum absolute atomic E-state index is 0.00103. The summed E-state index contributed by atoms with van der Waals surface area (Å²) in [7, 11) is 0. The average molecular weight is 312 g/mol. The molecule has 23 heavy (non-hydrogen) atoms. The van der Waals surface area contributed by atoms with Crippen LogP contribution >= 0.6 is 0 Å². The molecule has 1 saturated carbocycles. The number of fused-ring (bicyclic) bond motifs is 1. The van der Waals surface area contributed by atoms with E-state index in [1.54, 1.807) is 17.1 Å². The third-order valence-electron chi connectivity index (χ3n) is 5.61. The van der Waals surface area contributed by atoms with Crippen molar-refractivity contribution >= 4 is 11.0 Å². The lowest BCUT2D eigenvalue weighted by Gasteiger charge is -2.43. The average Bonchev–Trinajstić information content (AvgIpc) is 3.08. The molecule has 0 N–H and O–H groups in total. The highest BCUT2D eigenvalue weighted by atomic mass is 16.1. The molecule has 5 nitrogen and oxygen atoms in total. The number of hydrogen-bond donors (Lipinski definition) is 0. The van der Waals surface area contributed by atoms with Crippen molar-refractivity contribution in [1.29, 1.82) is 0 Å². The smallest absolute Gasteiger partial charge is 0.279 e. The van der Waals surface area contributed by atoms with Gasteiger partial charge in [0.05, 0.1) is 11.8 Å². The maximum Gasteiger partial charge on any atom is 0.279 e. The summed E-state index contributed by atoms with van der Waals surface area (Å²) in [5.74, 6) is 0. The van der Waals surface area contributed by atoms with Crippen LogP contribution in [-0.4, -0.2) is 38.1 Å². The first-order chi connectivity index (χ1) is 11.3. The minimum atomic E-state index is -0.00103. The van der Waals surface area contributed by atoms with Crippen LogP contribution < -0.4 is 5.56 Å². The van der Waals surface area contributed by atoms with E-state index < -0.39 is 0 Å². The van der Waals surface area contributed by atoms with Crippen molar-refractivity contribution in [3.8, 4) is 0 Å². The molecule has 2 aromatic rings. The Kier molecular flexibility index (Phi) is 3.89. The maximum atomic E-state index is 12.8. The van der Waals surface area contributed by atoms with Gasteiger partial charge in [0.25, 0.3) is 5.56 Å². The fraction of sp³-hybridized carbons (Fsp3) is 0.611. The SMILES string of the molecule is O=c1c2ncccc2ncn1CC1(N2CCCCC2)CCCC1. The molecule has 0 atom stereocenters. The Morgan fingerprint density at radius 2 is 1.83 bits per heavy atom. The quantitative estimate of drug-likeness (QED) is 0.874. The lowest BCUT2D eigenvalue weighted by molar-refractivity contribution is 0.0546. The van der Waals surface area contributed by atoms with E-state index in [-0.39, 0.29) is 11.1 Å². The summed E-state index contributed by atoms with van der Waals surface area (Å²) in [6, 6.07) is 3.68. The highest BCUT2D eigenvalue weighted by Crippen LogP contribution is 2.38. The zero-order chi connectivity index (χ0) is 15.7. The molecule has 5 heteroatoms. The molecule has 2 aliphatic rings. The molecule has 2 aromatic heterocycles. The predicted molar refractivity (Wildman–Crippen MR) is 90.4 cm³/mol. The standard InChI is InChI=1S/C18H24N4O/c23-17-16-15(7-6-10-19-16)20-14-21(17)13-18(8-2-3-9-18)22-11-4-1-5-12-22/h6-7,10,14H,1-5,8-9,11-13H2. The summed E-state index contributed by atoms with van der Waals surface area (Å²) in [4.78, 5) is 24.1. The number of nitrogens with zero attached hydrogens (tertiary/aromatic N) is 4. The van der Waals surface area contributed by atoms with Crippen LogP contribution in [0.2, 0.25) is 0 Å². The highest BCUT2D eigenvalue weighted by molar-refractivity contribution is 5.71. The monoisotopic (exact) mass is 312 g/mol. The topological polar surface area (TPSA) is 51.0 Å². The first-order valence-corrected chi connectivity index (χ1v) is 8.84. The van der Waals surface area contributed by atoms with Crippen LogP contribution in [0.4, 0.5) is 0 Å². The molecule has 0 spiro atoms. The fourth-order valence-electron chi connectivity index (χ4n) is 4.39. The lowest BCUT2D eigenvalue weighted by atomic mass is 9.92. The molecular weight excluding hydrogens is 288 g/mol. The van der Waals surface area contributed by atoms with Crippen LogP contribution in [0.3, 0.4) is 0 Å². The van der Waals surface area contributed by atoms with Crippen LogP contribution in [0.25, 0.3) is 11.0 Å². The van der Waals surface area contributed by atoms with E-state index in [2.05, 4.69) is 14.9 Å². The van der Waals surface area contributed by atoms with Gasteiger partial charge in [-0.25, -0.2) is 9.97 Å². The van der Waals surface area contributed by atoms with Gasteiger partial charge in [-0.05, 0) is 50.9 Å². The van der Waals surface area contributed by atoms with E-state index in [4.69, 9.17) is 0 Å². The van der Waals surface area contributed by atoms with Gasteiger partial charge in [0, 0.05) is 18.3 Å².